The van der Waals surface area contributed by atoms with Crippen molar-refractivity contribution in [3.05, 3.63) is 22.7 Å². The number of carbonyl (C=O) groups excluding carboxylic acids is 1. The van der Waals surface area contributed by atoms with Crippen LogP contribution in [-0.2, 0) is 14.3 Å². The Morgan fingerprint density at radius 2 is 2.21 bits per heavy atom. The maximum Gasteiger partial charge on any atom is 0.351 e. The number of rotatable bonds is 9. The van der Waals surface area contributed by atoms with Crippen LogP contribution in [0.25, 0.3) is 0 Å². The van der Waals surface area contributed by atoms with Crippen molar-refractivity contribution in [2.24, 2.45) is 0 Å². The number of halogens is 1. The summed E-state index contributed by atoms with van der Waals surface area (Å²) in [5.74, 6) is 1.63. The zero-order chi connectivity index (χ0) is 20.7. The first-order chi connectivity index (χ1) is 13.3. The predicted octanol–water partition coefficient (Wildman–Crippen LogP) is 1.33. The fourth-order valence-corrected chi connectivity index (χ4v) is 3.01. The first-order valence-corrected chi connectivity index (χ1v) is 9.32. The largest absolute Gasteiger partial charge is 0.461 e. The van der Waals surface area contributed by atoms with E-state index < -0.39 is 42.4 Å². The molecule has 8 nitrogen and oxygen atoms in total. The molecule has 1 aliphatic rings. The van der Waals surface area contributed by atoms with Crippen LogP contribution in [0.4, 0.5) is 10.2 Å². The van der Waals surface area contributed by atoms with Crippen molar-refractivity contribution in [1.82, 2.24) is 9.55 Å². The molecule has 1 aliphatic heterocycles. The van der Waals surface area contributed by atoms with E-state index in [1.807, 2.05) is 0 Å². The molecule has 0 radical (unpaired) electrons. The second-order valence-electron chi connectivity index (χ2n) is 6.80. The van der Waals surface area contributed by atoms with Crippen LogP contribution in [0.15, 0.2) is 17.1 Å². The summed E-state index contributed by atoms with van der Waals surface area (Å²) in [7, 11) is 0. The Balaban J connectivity index is 2.01. The average molecular weight is 395 g/mol. The third-order valence-corrected chi connectivity index (χ3v) is 4.68. The van der Waals surface area contributed by atoms with Gasteiger partial charge in [-0.25, -0.2) is 9.18 Å². The summed E-state index contributed by atoms with van der Waals surface area (Å²) in [5, 5.41) is 10.3. The number of aliphatic hydroxyl groups excluding tert-OH is 1. The maximum atomic E-state index is 14.6. The molecule has 2 rings (SSSR count). The molecule has 0 aliphatic carbocycles. The van der Waals surface area contributed by atoms with Gasteiger partial charge in [0, 0.05) is 12.6 Å². The highest BCUT2D eigenvalue weighted by atomic mass is 19.1. The van der Waals surface area contributed by atoms with Crippen molar-refractivity contribution in [1.29, 1.82) is 0 Å². The Labute approximate surface area is 162 Å². The molecule has 1 saturated heterocycles. The van der Waals surface area contributed by atoms with Gasteiger partial charge in [0.05, 0.1) is 0 Å². The lowest BCUT2D eigenvalue weighted by atomic mass is 9.97. The molecule has 2 heterocycles. The molecule has 0 amide bonds. The van der Waals surface area contributed by atoms with Crippen molar-refractivity contribution in [3.63, 3.8) is 0 Å². The standard InChI is InChI=1S/C19H26FN3O5/c1-3-5-6-7-8-9-14(24)27-12-19(4-2)16(25)15(20)17(28-19)23-11-10-13(21)22-18(23)26/h2,10-11,15-17,25H,3,5-9,12H2,1H3,(H2,21,22,26). The highest BCUT2D eigenvalue weighted by Crippen LogP contribution is 2.38. The molecule has 9 heteroatoms. The molecule has 0 aromatic carbocycles. The number of anilines is 1. The molecule has 1 fully saturated rings. The summed E-state index contributed by atoms with van der Waals surface area (Å²) in [6, 6.07) is 1.29. The van der Waals surface area contributed by atoms with E-state index in [1.165, 1.54) is 12.3 Å². The topological polar surface area (TPSA) is 117 Å². The lowest BCUT2D eigenvalue weighted by molar-refractivity contribution is -0.156. The first-order valence-electron chi connectivity index (χ1n) is 9.32. The van der Waals surface area contributed by atoms with Crippen LogP contribution in [0.5, 0.6) is 0 Å². The summed E-state index contributed by atoms with van der Waals surface area (Å²) in [6.45, 7) is 1.58. The summed E-state index contributed by atoms with van der Waals surface area (Å²) in [4.78, 5) is 27.4. The smallest absolute Gasteiger partial charge is 0.351 e. The van der Waals surface area contributed by atoms with Gasteiger partial charge in [0.1, 0.15) is 18.5 Å². The van der Waals surface area contributed by atoms with Crippen LogP contribution in [0, 0.1) is 12.3 Å². The molecule has 154 valence electrons. The quantitative estimate of drug-likeness (QED) is 0.368. The minimum atomic E-state index is -2.02. The zero-order valence-electron chi connectivity index (χ0n) is 15.8. The fourth-order valence-electron chi connectivity index (χ4n) is 3.01. The van der Waals surface area contributed by atoms with E-state index in [0.29, 0.717) is 6.42 Å². The third kappa shape index (κ3) is 4.88. The maximum absolute atomic E-state index is 14.6. The number of aliphatic hydroxyl groups is 1. The van der Waals surface area contributed by atoms with E-state index >= 15 is 0 Å². The Bertz CT molecular complexity index is 778. The molecule has 1 aromatic rings. The van der Waals surface area contributed by atoms with Gasteiger partial charge in [-0.3, -0.25) is 9.36 Å². The minimum absolute atomic E-state index is 0.0358. The van der Waals surface area contributed by atoms with Gasteiger partial charge in [0.15, 0.2) is 18.0 Å². The number of hydrogen-bond donors (Lipinski definition) is 2. The summed E-state index contributed by atoms with van der Waals surface area (Å²) >= 11 is 0. The van der Waals surface area contributed by atoms with Crippen molar-refractivity contribution < 1.29 is 23.8 Å². The summed E-state index contributed by atoms with van der Waals surface area (Å²) in [6.07, 6.45) is 6.34. The van der Waals surface area contributed by atoms with Gasteiger partial charge >= 0.3 is 11.7 Å². The minimum Gasteiger partial charge on any atom is -0.461 e. The fraction of sp³-hybridized carbons (Fsp3) is 0.632. The summed E-state index contributed by atoms with van der Waals surface area (Å²) < 4.78 is 26.1. The number of terminal acetylenes is 1. The number of esters is 1. The molecular weight excluding hydrogens is 369 g/mol. The number of nitrogens with two attached hydrogens (primary N) is 1. The van der Waals surface area contributed by atoms with Gasteiger partial charge in [-0.2, -0.15) is 4.98 Å². The molecule has 3 N–H and O–H groups in total. The Kier molecular flexibility index (Phi) is 7.54. The van der Waals surface area contributed by atoms with E-state index in [9.17, 15) is 19.1 Å². The third-order valence-electron chi connectivity index (χ3n) is 4.68. The van der Waals surface area contributed by atoms with Crippen molar-refractivity contribution >= 4 is 11.8 Å². The van der Waals surface area contributed by atoms with Gasteiger partial charge in [0.2, 0.25) is 0 Å². The molecule has 0 saturated carbocycles. The molecule has 4 unspecified atom stereocenters. The van der Waals surface area contributed by atoms with E-state index in [1.54, 1.807) is 0 Å². The number of ether oxygens (including phenoxy) is 2. The number of aromatic nitrogens is 2. The Morgan fingerprint density at radius 3 is 2.86 bits per heavy atom. The van der Waals surface area contributed by atoms with Gasteiger partial charge < -0.3 is 20.3 Å². The van der Waals surface area contributed by atoms with Crippen LogP contribution < -0.4 is 11.4 Å². The number of nitrogen functional groups attached to an aromatic ring is 1. The van der Waals surface area contributed by atoms with E-state index in [0.717, 1.165) is 30.3 Å². The van der Waals surface area contributed by atoms with Crippen LogP contribution in [-0.4, -0.2) is 45.1 Å². The number of nitrogens with zero attached hydrogens (tertiary/aromatic N) is 2. The molecule has 4 atom stereocenters. The lowest BCUT2D eigenvalue weighted by Crippen LogP contribution is -2.45. The van der Waals surface area contributed by atoms with Crippen LogP contribution >= 0.6 is 0 Å². The number of unbranched alkanes of at least 4 members (excludes halogenated alkanes) is 4. The van der Waals surface area contributed by atoms with Crippen molar-refractivity contribution in [2.75, 3.05) is 12.3 Å². The van der Waals surface area contributed by atoms with Crippen LogP contribution in [0.1, 0.15) is 51.7 Å². The number of alkyl halides is 1. The second-order valence-corrected chi connectivity index (χ2v) is 6.80. The molecule has 1 aromatic heterocycles. The molecular formula is C19H26FN3O5. The van der Waals surface area contributed by atoms with Crippen molar-refractivity contribution in [3.8, 4) is 12.3 Å². The second kappa shape index (κ2) is 9.66. The van der Waals surface area contributed by atoms with Crippen LogP contribution in [0.2, 0.25) is 0 Å². The van der Waals surface area contributed by atoms with Gasteiger partial charge in [0.25, 0.3) is 0 Å². The van der Waals surface area contributed by atoms with E-state index in [4.69, 9.17) is 21.6 Å². The molecule has 28 heavy (non-hydrogen) atoms. The van der Waals surface area contributed by atoms with Gasteiger partial charge in [-0.05, 0) is 12.5 Å². The number of hydrogen-bond acceptors (Lipinski definition) is 7. The SMILES string of the molecule is C#CC1(COC(=O)CCCCCCC)OC(n2ccc(N)nc2=O)C(F)C1O. The van der Waals surface area contributed by atoms with E-state index in [-0.39, 0.29) is 12.2 Å². The predicted molar refractivity (Wildman–Crippen MR) is 99.8 cm³/mol. The van der Waals surface area contributed by atoms with Gasteiger partial charge in [-0.1, -0.05) is 38.5 Å². The zero-order valence-corrected chi connectivity index (χ0v) is 15.8. The van der Waals surface area contributed by atoms with Crippen LogP contribution in [0.3, 0.4) is 0 Å². The Morgan fingerprint density at radius 1 is 1.50 bits per heavy atom. The highest BCUT2D eigenvalue weighted by Gasteiger charge is 2.56. The lowest BCUT2D eigenvalue weighted by Gasteiger charge is -2.25. The number of carbonyl (C=O) groups is 1. The molecule has 0 bridgehead atoms. The summed E-state index contributed by atoms with van der Waals surface area (Å²) in [5.41, 5.74) is 2.67. The van der Waals surface area contributed by atoms with Gasteiger partial charge in [-0.15, -0.1) is 6.42 Å². The first kappa shape index (κ1) is 21.9. The Hall–Kier alpha value is -2.44. The van der Waals surface area contributed by atoms with E-state index in [2.05, 4.69) is 17.8 Å². The normalized spacial score (nSPS) is 26.7. The highest BCUT2D eigenvalue weighted by molar-refractivity contribution is 5.69. The average Bonchev–Trinajstić information content (AvgIpc) is 2.92. The monoisotopic (exact) mass is 395 g/mol. The molecule has 0 spiro atoms. The van der Waals surface area contributed by atoms with Crippen molar-refractivity contribution in [2.45, 2.75) is 69.6 Å².